The van der Waals surface area contributed by atoms with Crippen molar-refractivity contribution < 1.29 is 14.6 Å². The van der Waals surface area contributed by atoms with E-state index in [-0.39, 0.29) is 17.5 Å². The molecule has 0 aromatic carbocycles. The van der Waals surface area contributed by atoms with Crippen molar-refractivity contribution in [2.45, 2.75) is 6.92 Å². The molecule has 0 saturated heterocycles. The molecule has 7 nitrogen and oxygen atoms in total. The highest BCUT2D eigenvalue weighted by Gasteiger charge is 2.17. The van der Waals surface area contributed by atoms with Crippen molar-refractivity contribution in [1.82, 2.24) is 20.4 Å². The summed E-state index contributed by atoms with van der Waals surface area (Å²) in [4.78, 5) is 14.7. The van der Waals surface area contributed by atoms with E-state index in [4.69, 9.17) is 21.4 Å². The Balaban J connectivity index is 2.32. The van der Waals surface area contributed by atoms with E-state index in [9.17, 15) is 4.79 Å². The molecular weight excluding hydrogens is 272 g/mol. The van der Waals surface area contributed by atoms with E-state index in [1.165, 1.54) is 12.3 Å². The van der Waals surface area contributed by atoms with Gasteiger partial charge >= 0.3 is 5.97 Å². The van der Waals surface area contributed by atoms with Gasteiger partial charge in [-0.05, 0) is 6.92 Å². The van der Waals surface area contributed by atoms with Crippen LogP contribution in [-0.4, -0.2) is 31.5 Å². The second-order valence-electron chi connectivity index (χ2n) is 3.27. The molecule has 0 amide bonds. The molecule has 0 fully saturated rings. The predicted octanol–water partition coefficient (Wildman–Crippen LogP) is 1.71. The van der Waals surface area contributed by atoms with Crippen LogP contribution in [-0.2, 0) is 0 Å². The number of halogens is 1. The molecule has 2 aromatic rings. The third kappa shape index (κ3) is 2.81. The van der Waals surface area contributed by atoms with Gasteiger partial charge in [-0.1, -0.05) is 22.7 Å². The number of carbonyl (C=O) groups is 1. The number of carboxylic acids is 1. The van der Waals surface area contributed by atoms with E-state index < -0.39 is 5.97 Å². The highest BCUT2D eigenvalue weighted by atomic mass is 35.5. The number of aromatic carboxylic acids is 1. The number of rotatable bonds is 3. The van der Waals surface area contributed by atoms with Crippen LogP contribution in [0.3, 0.4) is 0 Å². The number of nitrogens with zero attached hydrogens (tertiary/aromatic N) is 3. The molecule has 0 bridgehead atoms. The maximum Gasteiger partial charge on any atom is 0.362 e. The molecule has 2 aromatic heterocycles. The van der Waals surface area contributed by atoms with Gasteiger partial charge < -0.3 is 9.84 Å². The minimum Gasteiger partial charge on any atom is -0.476 e. The third-order valence-corrected chi connectivity index (χ3v) is 2.32. The molecule has 0 aliphatic heterocycles. The lowest BCUT2D eigenvalue weighted by Crippen LogP contribution is -2.00. The first-order chi connectivity index (χ1) is 9.11. The molecule has 0 spiro atoms. The Hall–Kier alpha value is -2.59. The van der Waals surface area contributed by atoms with Gasteiger partial charge in [0.25, 0.3) is 5.88 Å². The average Bonchev–Trinajstić information content (AvgIpc) is 2.82. The van der Waals surface area contributed by atoms with Gasteiger partial charge in [-0.2, -0.15) is 0 Å². The Morgan fingerprint density at radius 2 is 2.37 bits per heavy atom. The summed E-state index contributed by atoms with van der Waals surface area (Å²) >= 11 is 5.89. The number of pyridine rings is 1. The van der Waals surface area contributed by atoms with Crippen LogP contribution in [0.25, 0.3) is 0 Å². The number of hydrogen-bond acceptors (Lipinski definition) is 5. The van der Waals surface area contributed by atoms with Crippen LogP contribution >= 0.6 is 11.6 Å². The summed E-state index contributed by atoms with van der Waals surface area (Å²) in [7, 11) is 0. The fourth-order valence-corrected chi connectivity index (χ4v) is 1.39. The molecule has 0 aliphatic rings. The topological polar surface area (TPSA) is 101 Å². The molecule has 2 rings (SSSR count). The normalized spacial score (nSPS) is 9.58. The molecule has 2 N–H and O–H groups in total. The van der Waals surface area contributed by atoms with Crippen LogP contribution in [0, 0.1) is 11.8 Å². The summed E-state index contributed by atoms with van der Waals surface area (Å²) in [6.07, 6.45) is 1.36. The van der Waals surface area contributed by atoms with Crippen molar-refractivity contribution in [3.63, 3.8) is 0 Å². The highest BCUT2D eigenvalue weighted by molar-refractivity contribution is 6.31. The van der Waals surface area contributed by atoms with Crippen molar-refractivity contribution in [3.05, 3.63) is 28.5 Å². The van der Waals surface area contributed by atoms with Crippen molar-refractivity contribution >= 4 is 17.6 Å². The maximum atomic E-state index is 10.8. The smallest absolute Gasteiger partial charge is 0.362 e. The molecule has 0 saturated carbocycles. The molecule has 2 heterocycles. The number of ether oxygens (including phenoxy) is 1. The first-order valence-corrected chi connectivity index (χ1v) is 5.40. The lowest BCUT2D eigenvalue weighted by Gasteiger charge is -2.03. The van der Waals surface area contributed by atoms with Gasteiger partial charge in [0.2, 0.25) is 11.6 Å². The summed E-state index contributed by atoms with van der Waals surface area (Å²) in [5.41, 5.74) is 0.193. The minimum atomic E-state index is -1.26. The van der Waals surface area contributed by atoms with E-state index in [1.807, 2.05) is 0 Å². The number of aromatic amines is 1. The number of carboxylic acid groups (broad SMARTS) is 1. The van der Waals surface area contributed by atoms with Gasteiger partial charge in [0.05, 0.1) is 16.8 Å². The maximum absolute atomic E-state index is 10.8. The largest absolute Gasteiger partial charge is 0.476 e. The predicted molar refractivity (Wildman–Crippen MR) is 65.2 cm³/mol. The number of nitrogens with one attached hydrogen (secondary N) is 1. The van der Waals surface area contributed by atoms with E-state index in [2.05, 4.69) is 32.2 Å². The zero-order valence-corrected chi connectivity index (χ0v) is 10.4. The average molecular weight is 279 g/mol. The summed E-state index contributed by atoms with van der Waals surface area (Å²) in [5.74, 6) is 4.23. The Kier molecular flexibility index (Phi) is 3.63. The fraction of sp³-hybridized carbons (Fsp3) is 0.0909. The van der Waals surface area contributed by atoms with Gasteiger partial charge in [-0.15, -0.1) is 11.0 Å². The Morgan fingerprint density at radius 1 is 1.58 bits per heavy atom. The SMILES string of the molecule is CC#Cc1cc(Oc2[nH]nnc2C(=O)O)ncc1Cl. The molecular formula is C11H7ClN4O3. The zero-order chi connectivity index (χ0) is 13.8. The number of hydrogen-bond donors (Lipinski definition) is 2. The van der Waals surface area contributed by atoms with Crippen molar-refractivity contribution in [2.24, 2.45) is 0 Å². The van der Waals surface area contributed by atoms with Gasteiger partial charge in [0.15, 0.2) is 0 Å². The summed E-state index contributed by atoms with van der Waals surface area (Å²) in [6, 6.07) is 1.49. The van der Waals surface area contributed by atoms with Crippen LogP contribution in [0.4, 0.5) is 0 Å². The highest BCUT2D eigenvalue weighted by Crippen LogP contribution is 2.23. The number of aromatic nitrogens is 4. The molecule has 0 radical (unpaired) electrons. The monoisotopic (exact) mass is 278 g/mol. The van der Waals surface area contributed by atoms with Gasteiger partial charge in [-0.25, -0.2) is 14.9 Å². The standard InChI is InChI=1S/C11H7ClN4O3/c1-2-3-6-4-8(13-5-7(6)12)19-10-9(11(17)18)14-16-15-10/h4-5H,1H3,(H,17,18)(H,14,15,16). The summed E-state index contributed by atoms with van der Waals surface area (Å²) in [5, 5.41) is 18.3. The number of H-pyrrole nitrogens is 1. The molecule has 0 aliphatic carbocycles. The van der Waals surface area contributed by atoms with Crippen LogP contribution < -0.4 is 4.74 Å². The minimum absolute atomic E-state index is 0.113. The lowest BCUT2D eigenvalue weighted by molar-refractivity contribution is 0.0687. The van der Waals surface area contributed by atoms with Crippen LogP contribution in [0.2, 0.25) is 5.02 Å². The van der Waals surface area contributed by atoms with E-state index in [0.29, 0.717) is 10.6 Å². The van der Waals surface area contributed by atoms with Crippen LogP contribution in [0.1, 0.15) is 23.0 Å². The molecule has 96 valence electrons. The quantitative estimate of drug-likeness (QED) is 0.829. The van der Waals surface area contributed by atoms with E-state index in [0.717, 1.165) is 0 Å². The molecule has 19 heavy (non-hydrogen) atoms. The van der Waals surface area contributed by atoms with Crippen molar-refractivity contribution in [3.8, 4) is 23.6 Å². The first kappa shape index (κ1) is 12.9. The summed E-state index contributed by atoms with van der Waals surface area (Å²) in [6.45, 7) is 1.67. The Morgan fingerprint density at radius 3 is 3.05 bits per heavy atom. The second kappa shape index (κ2) is 5.37. The van der Waals surface area contributed by atoms with Crippen LogP contribution in [0.15, 0.2) is 12.3 Å². The van der Waals surface area contributed by atoms with Crippen molar-refractivity contribution in [2.75, 3.05) is 0 Å². The van der Waals surface area contributed by atoms with E-state index in [1.54, 1.807) is 6.92 Å². The zero-order valence-electron chi connectivity index (χ0n) is 9.64. The van der Waals surface area contributed by atoms with E-state index >= 15 is 0 Å². The summed E-state index contributed by atoms with van der Waals surface area (Å²) < 4.78 is 5.25. The van der Waals surface area contributed by atoms with Crippen LogP contribution in [0.5, 0.6) is 11.8 Å². The Bertz CT molecular complexity index is 687. The first-order valence-electron chi connectivity index (χ1n) is 5.02. The third-order valence-electron chi connectivity index (χ3n) is 2.02. The van der Waals surface area contributed by atoms with Gasteiger partial charge in [0, 0.05) is 6.07 Å². The molecule has 0 unspecified atom stereocenters. The Labute approximate surface area is 112 Å². The fourth-order valence-electron chi connectivity index (χ4n) is 1.24. The lowest BCUT2D eigenvalue weighted by atomic mass is 10.3. The van der Waals surface area contributed by atoms with Crippen molar-refractivity contribution in [1.29, 1.82) is 0 Å². The molecule has 0 atom stereocenters. The van der Waals surface area contributed by atoms with Gasteiger partial charge in [0.1, 0.15) is 0 Å². The van der Waals surface area contributed by atoms with Gasteiger partial charge in [-0.3, -0.25) is 0 Å². The molecule has 8 heteroatoms. The second-order valence-corrected chi connectivity index (χ2v) is 3.68.